The molecule has 1 unspecified atom stereocenters. The van der Waals surface area contributed by atoms with Crippen LogP contribution >= 0.6 is 0 Å². The summed E-state index contributed by atoms with van der Waals surface area (Å²) in [6.45, 7) is 2.94. The van der Waals surface area contributed by atoms with E-state index in [9.17, 15) is 10.1 Å². The molecular formula is C13H16N4O4. The SMILES string of the molecule is CCCOCC(N)c1noc(-c2ccc([N+](=O)[O-])cc2)n1. The van der Waals surface area contributed by atoms with Gasteiger partial charge >= 0.3 is 0 Å². The van der Waals surface area contributed by atoms with Crippen LogP contribution in [0.4, 0.5) is 5.69 Å². The summed E-state index contributed by atoms with van der Waals surface area (Å²) < 4.78 is 10.4. The Morgan fingerprint density at radius 3 is 2.76 bits per heavy atom. The lowest BCUT2D eigenvalue weighted by atomic mass is 10.2. The van der Waals surface area contributed by atoms with Gasteiger partial charge in [-0.25, -0.2) is 0 Å². The Morgan fingerprint density at radius 2 is 2.14 bits per heavy atom. The summed E-state index contributed by atoms with van der Waals surface area (Å²) in [5.74, 6) is 0.616. The number of hydrogen-bond donors (Lipinski definition) is 1. The molecule has 1 aromatic heterocycles. The average Bonchev–Trinajstić information content (AvgIpc) is 2.97. The standard InChI is InChI=1S/C13H16N4O4/c1-2-7-20-8-11(14)12-15-13(21-16-12)9-3-5-10(6-4-9)17(18)19/h3-6,11H,2,7-8,14H2,1H3. The summed E-state index contributed by atoms with van der Waals surface area (Å²) in [4.78, 5) is 14.3. The van der Waals surface area contributed by atoms with Crippen LogP contribution in [0.3, 0.4) is 0 Å². The predicted molar refractivity (Wildman–Crippen MR) is 74.4 cm³/mol. The summed E-state index contributed by atoms with van der Waals surface area (Å²) in [7, 11) is 0. The average molecular weight is 292 g/mol. The van der Waals surface area contributed by atoms with E-state index in [0.29, 0.717) is 24.6 Å². The van der Waals surface area contributed by atoms with E-state index in [4.69, 9.17) is 15.0 Å². The normalized spacial score (nSPS) is 12.3. The Labute approximate surface area is 121 Å². The summed E-state index contributed by atoms with van der Waals surface area (Å²) in [6, 6.07) is 5.39. The quantitative estimate of drug-likeness (QED) is 0.471. The highest BCUT2D eigenvalue weighted by atomic mass is 16.6. The summed E-state index contributed by atoms with van der Waals surface area (Å²) in [6.07, 6.45) is 0.910. The van der Waals surface area contributed by atoms with Crippen molar-refractivity contribution in [3.05, 3.63) is 40.2 Å². The van der Waals surface area contributed by atoms with Crippen LogP contribution in [-0.4, -0.2) is 28.3 Å². The van der Waals surface area contributed by atoms with Gasteiger partial charge in [-0.2, -0.15) is 4.98 Å². The monoisotopic (exact) mass is 292 g/mol. The number of nitro groups is 1. The molecule has 8 nitrogen and oxygen atoms in total. The molecule has 1 atom stereocenters. The van der Waals surface area contributed by atoms with Gasteiger partial charge in [0.1, 0.15) is 0 Å². The molecule has 1 heterocycles. The van der Waals surface area contributed by atoms with E-state index in [1.54, 1.807) is 12.1 Å². The maximum atomic E-state index is 10.6. The van der Waals surface area contributed by atoms with Crippen molar-refractivity contribution in [1.82, 2.24) is 10.1 Å². The molecule has 0 saturated heterocycles. The van der Waals surface area contributed by atoms with E-state index < -0.39 is 11.0 Å². The highest BCUT2D eigenvalue weighted by Crippen LogP contribution is 2.21. The molecule has 0 amide bonds. The molecule has 0 saturated carbocycles. The summed E-state index contributed by atoms with van der Waals surface area (Å²) >= 11 is 0. The molecule has 0 aliphatic rings. The first-order chi connectivity index (χ1) is 10.1. The minimum Gasteiger partial charge on any atom is -0.379 e. The second-order valence-corrected chi connectivity index (χ2v) is 4.44. The van der Waals surface area contributed by atoms with Gasteiger partial charge < -0.3 is 15.0 Å². The van der Waals surface area contributed by atoms with Crippen LogP contribution in [0.15, 0.2) is 28.8 Å². The largest absolute Gasteiger partial charge is 0.379 e. The lowest BCUT2D eigenvalue weighted by Crippen LogP contribution is -2.18. The highest BCUT2D eigenvalue weighted by Gasteiger charge is 2.16. The van der Waals surface area contributed by atoms with Crippen LogP contribution in [0.25, 0.3) is 11.5 Å². The topological polar surface area (TPSA) is 117 Å². The fourth-order valence-corrected chi connectivity index (χ4v) is 1.66. The van der Waals surface area contributed by atoms with E-state index in [2.05, 4.69) is 10.1 Å². The van der Waals surface area contributed by atoms with E-state index in [-0.39, 0.29) is 11.6 Å². The number of benzene rings is 1. The lowest BCUT2D eigenvalue weighted by molar-refractivity contribution is -0.384. The molecule has 21 heavy (non-hydrogen) atoms. The second-order valence-electron chi connectivity index (χ2n) is 4.44. The van der Waals surface area contributed by atoms with Crippen molar-refractivity contribution in [2.75, 3.05) is 13.2 Å². The molecule has 2 rings (SSSR count). The summed E-state index contributed by atoms with van der Waals surface area (Å²) in [5.41, 5.74) is 6.49. The number of aromatic nitrogens is 2. The van der Waals surface area contributed by atoms with Crippen LogP contribution < -0.4 is 5.73 Å². The minimum atomic E-state index is -0.468. The van der Waals surface area contributed by atoms with Crippen molar-refractivity contribution in [2.45, 2.75) is 19.4 Å². The molecule has 1 aromatic carbocycles. The van der Waals surface area contributed by atoms with Crippen molar-refractivity contribution in [3.8, 4) is 11.5 Å². The van der Waals surface area contributed by atoms with Gasteiger partial charge in [-0.3, -0.25) is 10.1 Å². The number of ether oxygens (including phenoxy) is 1. The molecule has 0 aliphatic carbocycles. The Morgan fingerprint density at radius 1 is 1.43 bits per heavy atom. The zero-order valence-electron chi connectivity index (χ0n) is 11.6. The number of nitrogens with two attached hydrogens (primary N) is 1. The summed E-state index contributed by atoms with van der Waals surface area (Å²) in [5, 5.41) is 14.4. The van der Waals surface area contributed by atoms with E-state index >= 15 is 0 Å². The number of hydrogen-bond acceptors (Lipinski definition) is 7. The molecular weight excluding hydrogens is 276 g/mol. The van der Waals surface area contributed by atoms with Gasteiger partial charge in [0.15, 0.2) is 5.82 Å². The number of non-ortho nitro benzene ring substituents is 1. The maximum absolute atomic E-state index is 10.6. The van der Waals surface area contributed by atoms with Crippen LogP contribution in [-0.2, 0) is 4.74 Å². The van der Waals surface area contributed by atoms with Crippen LogP contribution in [0.5, 0.6) is 0 Å². The number of nitrogens with zero attached hydrogens (tertiary/aromatic N) is 3. The predicted octanol–water partition coefficient (Wildman–Crippen LogP) is 2.07. The van der Waals surface area contributed by atoms with Crippen LogP contribution in [0.1, 0.15) is 25.2 Å². The molecule has 0 radical (unpaired) electrons. The lowest BCUT2D eigenvalue weighted by Gasteiger charge is -2.06. The third-order valence-corrected chi connectivity index (χ3v) is 2.74. The van der Waals surface area contributed by atoms with Gasteiger partial charge in [-0.05, 0) is 18.6 Å². The van der Waals surface area contributed by atoms with Crippen molar-refractivity contribution in [3.63, 3.8) is 0 Å². The zero-order valence-corrected chi connectivity index (χ0v) is 11.6. The van der Waals surface area contributed by atoms with Crippen LogP contribution in [0, 0.1) is 10.1 Å². The maximum Gasteiger partial charge on any atom is 0.269 e. The first-order valence-corrected chi connectivity index (χ1v) is 6.53. The van der Waals surface area contributed by atoms with Crippen molar-refractivity contribution >= 4 is 5.69 Å². The van der Waals surface area contributed by atoms with Gasteiger partial charge in [0.2, 0.25) is 0 Å². The van der Waals surface area contributed by atoms with Crippen molar-refractivity contribution in [1.29, 1.82) is 0 Å². The molecule has 112 valence electrons. The molecule has 0 fully saturated rings. The number of rotatable bonds is 7. The Bertz CT molecular complexity index is 596. The molecule has 2 aromatic rings. The first-order valence-electron chi connectivity index (χ1n) is 6.53. The highest BCUT2D eigenvalue weighted by molar-refractivity contribution is 5.55. The van der Waals surface area contributed by atoms with Crippen LogP contribution in [0.2, 0.25) is 0 Å². The molecule has 0 bridgehead atoms. The Kier molecular flexibility index (Phi) is 4.96. The minimum absolute atomic E-state index is 0.00292. The third-order valence-electron chi connectivity index (χ3n) is 2.74. The zero-order chi connectivity index (χ0) is 15.2. The van der Waals surface area contributed by atoms with Gasteiger partial charge in [0.05, 0.1) is 17.6 Å². The van der Waals surface area contributed by atoms with Gasteiger partial charge in [-0.15, -0.1) is 0 Å². The molecule has 8 heteroatoms. The smallest absolute Gasteiger partial charge is 0.269 e. The second kappa shape index (κ2) is 6.91. The molecule has 2 N–H and O–H groups in total. The Hall–Kier alpha value is -2.32. The van der Waals surface area contributed by atoms with Gasteiger partial charge in [0, 0.05) is 24.3 Å². The van der Waals surface area contributed by atoms with E-state index in [0.717, 1.165) is 6.42 Å². The van der Waals surface area contributed by atoms with E-state index in [1.165, 1.54) is 12.1 Å². The number of nitro benzene ring substituents is 1. The van der Waals surface area contributed by atoms with Gasteiger partial charge in [-0.1, -0.05) is 12.1 Å². The Balaban J connectivity index is 2.06. The van der Waals surface area contributed by atoms with E-state index in [1.807, 2.05) is 6.92 Å². The van der Waals surface area contributed by atoms with Crippen molar-refractivity contribution < 1.29 is 14.2 Å². The first kappa shape index (κ1) is 15.1. The fraction of sp³-hybridized carbons (Fsp3) is 0.385. The molecule has 0 aliphatic heterocycles. The third kappa shape index (κ3) is 3.83. The molecule has 0 spiro atoms. The van der Waals surface area contributed by atoms with Gasteiger partial charge in [0.25, 0.3) is 11.6 Å². The van der Waals surface area contributed by atoms with Crippen molar-refractivity contribution in [2.24, 2.45) is 5.73 Å². The fourth-order valence-electron chi connectivity index (χ4n) is 1.66.